The van der Waals surface area contributed by atoms with Crippen molar-refractivity contribution in [1.29, 1.82) is 0 Å². The molecule has 0 aromatic carbocycles. The molecule has 0 amide bonds. The van der Waals surface area contributed by atoms with Crippen LogP contribution in [-0.2, 0) is 65.4 Å². The van der Waals surface area contributed by atoms with Gasteiger partial charge in [0.15, 0.2) is 12.2 Å². The van der Waals surface area contributed by atoms with E-state index in [2.05, 4.69) is 186 Å². The number of hydrogen-bond acceptors (Lipinski definition) is 15. The summed E-state index contributed by atoms with van der Waals surface area (Å²) in [4.78, 5) is 73.0. The highest BCUT2D eigenvalue weighted by molar-refractivity contribution is 7.47. The van der Waals surface area contributed by atoms with Crippen molar-refractivity contribution >= 4 is 39.5 Å². The second-order valence-corrected chi connectivity index (χ2v) is 28.8. The maximum Gasteiger partial charge on any atom is 0.472 e. The predicted octanol–water partition coefficient (Wildman–Crippen LogP) is 23.6. The molecule has 0 aliphatic carbocycles. The van der Waals surface area contributed by atoms with Gasteiger partial charge in [-0.25, -0.2) is 9.13 Å². The number of phosphoric acid groups is 2. The summed E-state index contributed by atoms with van der Waals surface area (Å²) in [5, 5.41) is 10.6. The highest BCUT2D eigenvalue weighted by atomic mass is 31.2. The van der Waals surface area contributed by atoms with E-state index in [9.17, 15) is 43.2 Å². The Morgan fingerprint density at radius 3 is 0.840 bits per heavy atom. The van der Waals surface area contributed by atoms with Gasteiger partial charge < -0.3 is 33.8 Å². The molecule has 106 heavy (non-hydrogen) atoms. The topological polar surface area (TPSA) is 237 Å². The lowest BCUT2D eigenvalue weighted by atomic mass is 10.1. The molecule has 0 fully saturated rings. The number of ether oxygens (including phenoxy) is 4. The van der Waals surface area contributed by atoms with E-state index < -0.39 is 97.5 Å². The van der Waals surface area contributed by atoms with E-state index in [1.165, 1.54) is 38.5 Å². The van der Waals surface area contributed by atoms with Gasteiger partial charge in [0.1, 0.15) is 19.3 Å². The lowest BCUT2D eigenvalue weighted by Gasteiger charge is -2.21. The van der Waals surface area contributed by atoms with E-state index >= 15 is 0 Å². The average molecular weight is 1520 g/mol. The maximum atomic E-state index is 13.1. The Hall–Kier alpha value is -5.84. The first-order chi connectivity index (χ1) is 51.7. The minimum absolute atomic E-state index is 0.0191. The van der Waals surface area contributed by atoms with Crippen molar-refractivity contribution < 1.29 is 80.2 Å². The molecule has 0 aliphatic heterocycles. The quantitative estimate of drug-likeness (QED) is 0.0169. The van der Waals surface area contributed by atoms with Crippen molar-refractivity contribution in [3.05, 3.63) is 182 Å². The fraction of sp³-hybridized carbons (Fsp3) is 0.609. The zero-order valence-electron chi connectivity index (χ0n) is 65.5. The van der Waals surface area contributed by atoms with Crippen molar-refractivity contribution in [2.45, 2.75) is 303 Å². The highest BCUT2D eigenvalue weighted by Crippen LogP contribution is 2.45. The van der Waals surface area contributed by atoms with Gasteiger partial charge in [0, 0.05) is 25.7 Å². The van der Waals surface area contributed by atoms with E-state index in [1.54, 1.807) is 0 Å². The molecule has 0 aromatic heterocycles. The van der Waals surface area contributed by atoms with Crippen LogP contribution in [0.2, 0.25) is 0 Å². The summed E-state index contributed by atoms with van der Waals surface area (Å²) >= 11 is 0. The molecule has 0 saturated heterocycles. The summed E-state index contributed by atoms with van der Waals surface area (Å²) in [6, 6.07) is 0. The number of allylic oxidation sites excluding steroid dienone is 30. The molecule has 0 bridgehead atoms. The summed E-state index contributed by atoms with van der Waals surface area (Å²) in [6.07, 6.45) is 93.2. The van der Waals surface area contributed by atoms with Crippen LogP contribution in [0.15, 0.2) is 182 Å². The van der Waals surface area contributed by atoms with Crippen molar-refractivity contribution in [3.63, 3.8) is 0 Å². The van der Waals surface area contributed by atoms with Crippen LogP contribution < -0.4 is 0 Å². The van der Waals surface area contributed by atoms with Gasteiger partial charge in [0.2, 0.25) is 0 Å². The van der Waals surface area contributed by atoms with Crippen LogP contribution in [0, 0.1) is 0 Å². The van der Waals surface area contributed by atoms with Gasteiger partial charge in [-0.1, -0.05) is 274 Å². The first kappa shape index (κ1) is 100. The maximum absolute atomic E-state index is 13.1. The van der Waals surface area contributed by atoms with E-state index in [4.69, 9.17) is 37.0 Å². The third-order valence-electron chi connectivity index (χ3n) is 15.9. The summed E-state index contributed by atoms with van der Waals surface area (Å²) in [5.41, 5.74) is 0. The molecule has 3 N–H and O–H groups in total. The van der Waals surface area contributed by atoms with E-state index in [-0.39, 0.29) is 25.7 Å². The molecule has 5 atom stereocenters. The number of unbranched alkanes of at least 4 members (excludes halogenated alkanes) is 17. The second kappa shape index (κ2) is 77.3. The second-order valence-electron chi connectivity index (χ2n) is 25.9. The monoisotopic (exact) mass is 1520 g/mol. The molecule has 0 aromatic rings. The van der Waals surface area contributed by atoms with Crippen LogP contribution in [0.5, 0.6) is 0 Å². The number of rotatable bonds is 73. The molecule has 0 rings (SSSR count). The van der Waals surface area contributed by atoms with Crippen LogP contribution in [0.3, 0.4) is 0 Å². The van der Waals surface area contributed by atoms with Crippen molar-refractivity contribution in [2.75, 3.05) is 39.6 Å². The minimum atomic E-state index is -5.02. The fourth-order valence-electron chi connectivity index (χ4n) is 9.87. The van der Waals surface area contributed by atoms with Gasteiger partial charge in [-0.05, 0) is 167 Å². The molecule has 0 aliphatic rings. The van der Waals surface area contributed by atoms with Gasteiger partial charge in [0.05, 0.1) is 26.4 Å². The van der Waals surface area contributed by atoms with Crippen molar-refractivity contribution in [3.8, 4) is 0 Å². The average Bonchev–Trinajstić information content (AvgIpc) is 0.909. The Balaban J connectivity index is 5.51. The summed E-state index contributed by atoms with van der Waals surface area (Å²) in [6.45, 7) is 4.34. The molecule has 5 unspecified atom stereocenters. The van der Waals surface area contributed by atoms with E-state index in [1.807, 2.05) is 24.3 Å². The van der Waals surface area contributed by atoms with Gasteiger partial charge in [-0.2, -0.15) is 0 Å². The highest BCUT2D eigenvalue weighted by Gasteiger charge is 2.30. The smallest absolute Gasteiger partial charge is 0.462 e. The van der Waals surface area contributed by atoms with Crippen LogP contribution in [0.1, 0.15) is 285 Å². The van der Waals surface area contributed by atoms with Gasteiger partial charge >= 0.3 is 39.5 Å². The number of carbonyl (C=O) groups is 4. The standard InChI is InChI=1S/C87H140O17P2/c1-5-9-13-17-21-25-29-33-37-39-40-42-46-48-52-56-60-64-68-72-85(90)98-78-83(104-87(92)74-70-66-62-58-54-50-44-36-32-28-24-20-16-12-8-4)80-102-106(95,96)100-76-81(88)75-99-105(93,94)101-79-82(103-86(91)73-69-65-61-57-53-49-43-35-31-27-23-19-15-11-7-3)77-97-84(89)71-67-63-59-55-51-47-45-41-38-34-30-26-22-18-14-10-6-2/h9-10,12-14,16,21-22,24-26,28,33-38,40,42-45,47-48,52,54,58,60,64,81-83,88H,5-8,11,15,17-20,23,27,29-32,39,41,46,49-51,53,55-57,59,61-63,65-80H2,1-4H3,(H,93,94)(H,95,96)/b13-9-,14-10-,16-12-,25-21-,26-22-,28-24-,37-33-,38-34-,42-40-,43-35-,44-36-,47-45-,52-48-,58-54-,64-60-. The van der Waals surface area contributed by atoms with Crippen molar-refractivity contribution in [1.82, 2.24) is 0 Å². The number of esters is 4. The third-order valence-corrected chi connectivity index (χ3v) is 17.8. The van der Waals surface area contributed by atoms with E-state index in [0.29, 0.717) is 38.5 Å². The van der Waals surface area contributed by atoms with Gasteiger partial charge in [-0.15, -0.1) is 0 Å². The van der Waals surface area contributed by atoms with Gasteiger partial charge in [0.25, 0.3) is 0 Å². The summed E-state index contributed by atoms with van der Waals surface area (Å²) in [5.74, 6) is -2.37. The third kappa shape index (κ3) is 76.4. The van der Waals surface area contributed by atoms with Gasteiger partial charge in [-0.3, -0.25) is 37.3 Å². The molecule has 0 saturated carbocycles. The molecule has 0 radical (unpaired) electrons. The SMILES string of the molecule is CC/C=C\C/C=C\C/C=C\C/C=C\C/C=C\C/C=C\CCC(=O)OCC(COP(=O)(O)OCC(O)COP(=O)(O)OCC(COC(=O)CCCCCC/C=C\C/C=C\C/C=C\C/C=C\CC)OC(=O)CCCCCCC/C=C\CCCCCCCC)OC(=O)CCCC/C=C\C/C=C\C/C=C\C/C=C\CC. The molecule has 0 heterocycles. The zero-order chi connectivity index (χ0) is 77.4. The Morgan fingerprint density at radius 1 is 0.274 bits per heavy atom. The Morgan fingerprint density at radius 2 is 0.509 bits per heavy atom. The first-order valence-corrected chi connectivity index (χ1v) is 43.0. The molecular formula is C87H140O17P2. The lowest BCUT2D eigenvalue weighted by Crippen LogP contribution is -2.30. The molecule has 17 nitrogen and oxygen atoms in total. The van der Waals surface area contributed by atoms with Crippen LogP contribution in [0.4, 0.5) is 0 Å². The number of carbonyl (C=O) groups excluding carboxylic acids is 4. The van der Waals surface area contributed by atoms with Crippen LogP contribution in [0.25, 0.3) is 0 Å². The Bertz CT molecular complexity index is 2730. The zero-order valence-corrected chi connectivity index (χ0v) is 67.3. The van der Waals surface area contributed by atoms with Crippen molar-refractivity contribution in [2.24, 2.45) is 0 Å². The number of aliphatic hydroxyl groups excluding tert-OH is 1. The fourth-order valence-corrected chi connectivity index (χ4v) is 11.4. The molecule has 0 spiro atoms. The number of aliphatic hydroxyl groups is 1. The lowest BCUT2D eigenvalue weighted by molar-refractivity contribution is -0.161. The summed E-state index contributed by atoms with van der Waals surface area (Å²) < 4.78 is 68.5. The van der Waals surface area contributed by atoms with Crippen LogP contribution in [-0.4, -0.2) is 96.7 Å². The summed E-state index contributed by atoms with van der Waals surface area (Å²) in [7, 11) is -10.0. The Kier molecular flexibility index (Phi) is 73.1. The number of phosphoric ester groups is 2. The minimum Gasteiger partial charge on any atom is -0.462 e. The Labute approximate surface area is 641 Å². The molecular weight excluding hydrogens is 1380 g/mol. The normalized spacial score (nSPS) is 14.8. The number of hydrogen-bond donors (Lipinski definition) is 3. The largest absolute Gasteiger partial charge is 0.472 e. The van der Waals surface area contributed by atoms with E-state index in [0.717, 1.165) is 154 Å². The first-order valence-electron chi connectivity index (χ1n) is 40.0. The van der Waals surface area contributed by atoms with Crippen LogP contribution >= 0.6 is 15.6 Å². The predicted molar refractivity (Wildman–Crippen MR) is 436 cm³/mol. The molecule has 19 heteroatoms. The molecule has 600 valence electrons.